The van der Waals surface area contributed by atoms with E-state index in [4.69, 9.17) is 18.9 Å². The van der Waals surface area contributed by atoms with Crippen LogP contribution < -0.4 is 14.8 Å². The fourth-order valence-corrected chi connectivity index (χ4v) is 5.19. The molecule has 0 aromatic heterocycles. The number of nitrogens with one attached hydrogen (secondary N) is 1. The fraction of sp³-hybridized carbons (Fsp3) is 0.593. The minimum absolute atomic E-state index is 0.137. The van der Waals surface area contributed by atoms with Gasteiger partial charge in [-0.1, -0.05) is 19.9 Å². The van der Waals surface area contributed by atoms with Crippen LogP contribution in [0, 0.1) is 17.3 Å². The highest BCUT2D eigenvalue weighted by molar-refractivity contribution is 5.52. The molecule has 0 bridgehead atoms. The molecule has 0 radical (unpaired) electrons. The highest BCUT2D eigenvalue weighted by Gasteiger charge is 2.48. The number of benzene rings is 1. The van der Waals surface area contributed by atoms with Gasteiger partial charge in [-0.05, 0) is 74.4 Å². The summed E-state index contributed by atoms with van der Waals surface area (Å²) < 4.78 is 22.8. The van der Waals surface area contributed by atoms with Gasteiger partial charge in [-0.3, -0.25) is 0 Å². The van der Waals surface area contributed by atoms with Crippen LogP contribution in [0.15, 0.2) is 41.9 Å². The summed E-state index contributed by atoms with van der Waals surface area (Å²) in [7, 11) is 3.35. The number of ether oxygens (including phenoxy) is 4. The molecule has 6 nitrogen and oxygen atoms in total. The van der Waals surface area contributed by atoms with Gasteiger partial charge in [-0.2, -0.15) is 0 Å². The van der Waals surface area contributed by atoms with Gasteiger partial charge >= 0.3 is 0 Å². The zero-order valence-electron chi connectivity index (χ0n) is 20.5. The lowest BCUT2D eigenvalue weighted by atomic mass is 9.60. The van der Waals surface area contributed by atoms with Crippen molar-refractivity contribution in [3.05, 3.63) is 47.4 Å². The minimum atomic E-state index is -0.204. The number of hydrogen-bond acceptors (Lipinski definition) is 6. The summed E-state index contributed by atoms with van der Waals surface area (Å²) >= 11 is 0. The van der Waals surface area contributed by atoms with Crippen molar-refractivity contribution in [3.8, 4) is 11.5 Å². The van der Waals surface area contributed by atoms with Crippen LogP contribution >= 0.6 is 0 Å². The quantitative estimate of drug-likeness (QED) is 0.343. The molecule has 2 unspecified atom stereocenters. The van der Waals surface area contributed by atoms with Crippen molar-refractivity contribution < 1.29 is 23.7 Å². The van der Waals surface area contributed by atoms with Crippen LogP contribution in [0.25, 0.3) is 0 Å². The van der Waals surface area contributed by atoms with Gasteiger partial charge in [0.25, 0.3) is 0 Å². The van der Waals surface area contributed by atoms with E-state index >= 15 is 0 Å². The number of rotatable bonds is 13. The molecule has 2 atom stereocenters. The second-order valence-corrected chi connectivity index (χ2v) is 9.13. The zero-order chi connectivity index (χ0) is 23.7. The first-order valence-corrected chi connectivity index (χ1v) is 12.1. The molecule has 1 aromatic carbocycles. The molecule has 0 spiro atoms. The lowest BCUT2D eigenvalue weighted by molar-refractivity contribution is -0.110. The lowest BCUT2D eigenvalue weighted by Crippen LogP contribution is -2.42. The van der Waals surface area contributed by atoms with Crippen LogP contribution in [0.5, 0.6) is 11.5 Å². The summed E-state index contributed by atoms with van der Waals surface area (Å²) in [6, 6.07) is 6.03. The molecule has 33 heavy (non-hydrogen) atoms. The SMILES string of the molecule is COc1cc(CCCNCCCC2(C(C)C)C3=C(C=CC2CC=O)OCCO3)cc(OC)c1. The number of hydrogen-bond donors (Lipinski definition) is 1. The highest BCUT2D eigenvalue weighted by Crippen LogP contribution is 2.53. The van der Waals surface area contributed by atoms with Crippen molar-refractivity contribution in [2.75, 3.05) is 40.5 Å². The van der Waals surface area contributed by atoms with Crippen LogP contribution in [-0.2, 0) is 20.7 Å². The standard InChI is InChI=1S/C27H39NO5/c1-20(2)27(22(10-14-29)8-9-25-26(27)33-16-15-32-25)11-6-13-28-12-5-7-21-17-23(30-3)19-24(18-21)31-4/h8-9,14,17-20,22,28H,5-7,10-13,15-16H2,1-4H3. The molecular formula is C27H39NO5. The summed E-state index contributed by atoms with van der Waals surface area (Å²) in [5.74, 6) is 3.92. The van der Waals surface area contributed by atoms with Gasteiger partial charge in [0.05, 0.1) is 14.2 Å². The summed E-state index contributed by atoms with van der Waals surface area (Å²) in [5.41, 5.74) is 1.01. The Labute approximate surface area is 198 Å². The third kappa shape index (κ3) is 5.91. The maximum absolute atomic E-state index is 11.4. The number of carbonyl (C=O) groups is 1. The van der Waals surface area contributed by atoms with Crippen molar-refractivity contribution in [1.82, 2.24) is 5.32 Å². The molecule has 1 aliphatic carbocycles. The van der Waals surface area contributed by atoms with Crippen LogP contribution in [-0.4, -0.2) is 46.8 Å². The molecule has 0 amide bonds. The van der Waals surface area contributed by atoms with Gasteiger partial charge in [0.1, 0.15) is 36.8 Å². The normalized spacial score (nSPS) is 21.9. The average molecular weight is 458 g/mol. The van der Waals surface area contributed by atoms with Gasteiger partial charge in [-0.25, -0.2) is 0 Å². The summed E-state index contributed by atoms with van der Waals surface area (Å²) in [6.07, 6.45) is 9.65. The zero-order valence-corrected chi connectivity index (χ0v) is 20.5. The minimum Gasteiger partial charge on any atom is -0.497 e. The number of aryl methyl sites for hydroxylation is 1. The molecule has 0 saturated carbocycles. The van der Waals surface area contributed by atoms with Crippen LogP contribution in [0.2, 0.25) is 0 Å². The highest BCUT2D eigenvalue weighted by atomic mass is 16.6. The Bertz CT molecular complexity index is 825. The number of aldehydes is 1. The van der Waals surface area contributed by atoms with Gasteiger partial charge in [0.15, 0.2) is 5.76 Å². The van der Waals surface area contributed by atoms with Crippen molar-refractivity contribution in [1.29, 1.82) is 0 Å². The van der Waals surface area contributed by atoms with E-state index in [1.165, 1.54) is 5.56 Å². The summed E-state index contributed by atoms with van der Waals surface area (Å²) in [4.78, 5) is 11.4. The molecule has 2 aliphatic rings. The van der Waals surface area contributed by atoms with E-state index in [2.05, 4.69) is 37.4 Å². The van der Waals surface area contributed by atoms with Crippen molar-refractivity contribution in [3.63, 3.8) is 0 Å². The lowest BCUT2D eigenvalue weighted by Gasteiger charge is -2.47. The number of methoxy groups -OCH3 is 2. The van der Waals surface area contributed by atoms with E-state index in [0.717, 1.165) is 68.1 Å². The first-order valence-electron chi connectivity index (χ1n) is 12.1. The number of carbonyl (C=O) groups excluding carboxylic acids is 1. The second-order valence-electron chi connectivity index (χ2n) is 9.13. The summed E-state index contributed by atoms with van der Waals surface area (Å²) in [5, 5.41) is 3.59. The van der Waals surface area contributed by atoms with E-state index in [0.29, 0.717) is 25.6 Å². The van der Waals surface area contributed by atoms with Crippen LogP contribution in [0.3, 0.4) is 0 Å². The van der Waals surface area contributed by atoms with Crippen molar-refractivity contribution in [2.24, 2.45) is 17.3 Å². The maximum atomic E-state index is 11.4. The number of allylic oxidation sites excluding steroid dienone is 3. The first-order chi connectivity index (χ1) is 16.0. The topological polar surface area (TPSA) is 66.0 Å². The van der Waals surface area contributed by atoms with Gasteiger partial charge in [0, 0.05) is 17.9 Å². The molecule has 182 valence electrons. The Hall–Kier alpha value is -2.47. The molecule has 3 rings (SSSR count). The molecular weight excluding hydrogens is 418 g/mol. The van der Waals surface area contributed by atoms with E-state index < -0.39 is 0 Å². The smallest absolute Gasteiger partial charge is 0.157 e. The Kier molecular flexibility index (Phi) is 9.24. The molecule has 6 heteroatoms. The van der Waals surface area contributed by atoms with E-state index in [1.807, 2.05) is 12.1 Å². The van der Waals surface area contributed by atoms with Gasteiger partial charge in [0.2, 0.25) is 0 Å². The van der Waals surface area contributed by atoms with Crippen molar-refractivity contribution in [2.45, 2.75) is 46.0 Å². The van der Waals surface area contributed by atoms with Gasteiger partial charge < -0.3 is 29.1 Å². The van der Waals surface area contributed by atoms with Crippen LogP contribution in [0.4, 0.5) is 0 Å². The van der Waals surface area contributed by atoms with E-state index in [1.54, 1.807) is 14.2 Å². The fourth-order valence-electron chi connectivity index (χ4n) is 5.19. The van der Waals surface area contributed by atoms with E-state index in [9.17, 15) is 4.79 Å². The Morgan fingerprint density at radius 1 is 1.09 bits per heavy atom. The molecule has 1 N–H and O–H groups in total. The monoisotopic (exact) mass is 457 g/mol. The average Bonchev–Trinajstić information content (AvgIpc) is 2.84. The molecule has 1 aromatic rings. The van der Waals surface area contributed by atoms with Crippen molar-refractivity contribution >= 4 is 6.29 Å². The largest absolute Gasteiger partial charge is 0.497 e. The van der Waals surface area contributed by atoms with Gasteiger partial charge in [-0.15, -0.1) is 0 Å². The van der Waals surface area contributed by atoms with E-state index in [-0.39, 0.29) is 11.3 Å². The maximum Gasteiger partial charge on any atom is 0.157 e. The third-order valence-electron chi connectivity index (χ3n) is 6.93. The third-order valence-corrected chi connectivity index (χ3v) is 6.93. The molecule has 0 saturated heterocycles. The Morgan fingerprint density at radius 2 is 1.79 bits per heavy atom. The molecule has 1 heterocycles. The Balaban J connectivity index is 1.53. The first kappa shape index (κ1) is 25.2. The predicted octanol–water partition coefficient (Wildman–Crippen LogP) is 4.68. The molecule has 0 fully saturated rings. The summed E-state index contributed by atoms with van der Waals surface area (Å²) in [6.45, 7) is 7.49. The predicted molar refractivity (Wildman–Crippen MR) is 129 cm³/mol. The Morgan fingerprint density at radius 3 is 2.45 bits per heavy atom. The second kappa shape index (κ2) is 12.1. The molecule has 1 aliphatic heterocycles. The van der Waals surface area contributed by atoms with Crippen LogP contribution in [0.1, 0.15) is 45.1 Å².